The Morgan fingerprint density at radius 1 is 1.30 bits per heavy atom. The van der Waals surface area contributed by atoms with Gasteiger partial charge in [-0.15, -0.1) is 0 Å². The van der Waals surface area contributed by atoms with Crippen LogP contribution in [0.3, 0.4) is 0 Å². The van der Waals surface area contributed by atoms with Gasteiger partial charge in [-0.3, -0.25) is 20.2 Å². The zero-order valence-electron chi connectivity index (χ0n) is 10.5. The van der Waals surface area contributed by atoms with E-state index in [-0.39, 0.29) is 16.3 Å². The maximum atomic E-state index is 11.9. The van der Waals surface area contributed by atoms with Crippen LogP contribution in [0.25, 0.3) is 0 Å². The Morgan fingerprint density at radius 2 is 1.95 bits per heavy atom. The molecule has 0 aromatic heterocycles. The molecule has 0 radical (unpaired) electrons. The molecule has 1 saturated heterocycles. The molecule has 0 bridgehead atoms. The lowest BCUT2D eigenvalue weighted by atomic mass is 10.2. The molecule has 8 heteroatoms. The minimum absolute atomic E-state index is 0.0894. The maximum absolute atomic E-state index is 11.9. The first-order chi connectivity index (χ1) is 9.50. The topological polar surface area (TPSA) is 92.6 Å². The van der Waals surface area contributed by atoms with E-state index in [0.29, 0.717) is 13.1 Å². The highest BCUT2D eigenvalue weighted by molar-refractivity contribution is 6.36. The van der Waals surface area contributed by atoms with E-state index in [1.165, 1.54) is 23.1 Å². The van der Waals surface area contributed by atoms with Crippen LogP contribution in [0.1, 0.15) is 23.2 Å². The van der Waals surface area contributed by atoms with E-state index in [1.807, 2.05) is 0 Å². The van der Waals surface area contributed by atoms with Gasteiger partial charge in [-0.05, 0) is 18.9 Å². The summed E-state index contributed by atoms with van der Waals surface area (Å²) in [6.45, 7) is 1.20. The van der Waals surface area contributed by atoms with Crippen molar-refractivity contribution in [3.05, 3.63) is 38.9 Å². The summed E-state index contributed by atoms with van der Waals surface area (Å²) in [6, 6.07) is 3.37. The normalized spacial score (nSPS) is 14.2. The van der Waals surface area contributed by atoms with Gasteiger partial charge in [0.25, 0.3) is 11.6 Å². The molecule has 1 aromatic carbocycles. The Labute approximate surface area is 119 Å². The second kappa shape index (κ2) is 5.87. The quantitative estimate of drug-likeness (QED) is 0.669. The number of nitrogens with one attached hydrogen (secondary N) is 1. The summed E-state index contributed by atoms with van der Waals surface area (Å²) in [5.41, 5.74) is -0.457. The second-order valence-electron chi connectivity index (χ2n) is 4.35. The van der Waals surface area contributed by atoms with E-state index in [0.717, 1.165) is 12.8 Å². The van der Waals surface area contributed by atoms with E-state index in [9.17, 15) is 19.7 Å². The number of carbonyl (C=O) groups excluding carboxylic acids is 2. The maximum Gasteiger partial charge on any atom is 0.324 e. The van der Waals surface area contributed by atoms with Crippen LogP contribution in [-0.2, 0) is 0 Å². The minimum Gasteiger partial charge on any atom is -0.324 e. The summed E-state index contributed by atoms with van der Waals surface area (Å²) in [5.74, 6) is -0.740. The molecule has 0 aliphatic carbocycles. The van der Waals surface area contributed by atoms with E-state index in [1.54, 1.807) is 0 Å². The van der Waals surface area contributed by atoms with Crippen LogP contribution < -0.4 is 5.32 Å². The fourth-order valence-corrected chi connectivity index (χ4v) is 2.28. The van der Waals surface area contributed by atoms with Crippen molar-refractivity contribution >= 4 is 29.2 Å². The lowest BCUT2D eigenvalue weighted by Gasteiger charge is -2.15. The number of nitrogens with zero attached hydrogens (tertiary/aromatic N) is 2. The monoisotopic (exact) mass is 297 g/mol. The van der Waals surface area contributed by atoms with Crippen LogP contribution in [0, 0.1) is 10.1 Å². The van der Waals surface area contributed by atoms with Crippen molar-refractivity contribution in [2.24, 2.45) is 0 Å². The first-order valence-corrected chi connectivity index (χ1v) is 6.41. The molecular formula is C12H12ClN3O4. The number of imide groups is 1. The minimum atomic E-state index is -0.740. The summed E-state index contributed by atoms with van der Waals surface area (Å²) < 4.78 is 0. The Hall–Kier alpha value is -2.15. The summed E-state index contributed by atoms with van der Waals surface area (Å²) >= 11 is 5.81. The zero-order chi connectivity index (χ0) is 14.7. The van der Waals surface area contributed by atoms with Gasteiger partial charge in [0.1, 0.15) is 5.02 Å². The standard InChI is InChI=1S/C12H12ClN3O4/c13-10-8(4-3-5-9(10)16(19)20)11(17)14-12(18)15-6-1-2-7-15/h3-5H,1-2,6-7H2,(H,14,17,18). The van der Waals surface area contributed by atoms with Crippen molar-refractivity contribution in [3.63, 3.8) is 0 Å². The molecule has 1 aliphatic heterocycles. The third kappa shape index (κ3) is 2.88. The van der Waals surface area contributed by atoms with Crippen LogP contribution in [0.15, 0.2) is 18.2 Å². The Morgan fingerprint density at radius 3 is 2.55 bits per heavy atom. The summed E-state index contributed by atoms with van der Waals surface area (Å²) in [4.78, 5) is 35.3. The molecule has 1 aliphatic rings. The van der Waals surface area contributed by atoms with Gasteiger partial charge in [-0.2, -0.15) is 0 Å². The molecule has 106 valence electrons. The van der Waals surface area contributed by atoms with Gasteiger partial charge in [-0.25, -0.2) is 4.79 Å². The Kier molecular flexibility index (Phi) is 4.19. The average molecular weight is 298 g/mol. The number of amides is 3. The number of hydrogen-bond donors (Lipinski definition) is 1. The molecular weight excluding hydrogens is 286 g/mol. The molecule has 1 fully saturated rings. The van der Waals surface area contributed by atoms with Gasteiger partial charge in [0.2, 0.25) is 0 Å². The SMILES string of the molecule is O=C(NC(=O)N1CCCC1)c1cccc([N+](=O)[O-])c1Cl. The Balaban J connectivity index is 2.15. The molecule has 1 aromatic rings. The summed E-state index contributed by atoms with van der Waals surface area (Å²) in [7, 11) is 0. The van der Waals surface area contributed by atoms with Gasteiger partial charge < -0.3 is 4.90 Å². The fourth-order valence-electron chi connectivity index (χ4n) is 2.00. The molecule has 0 spiro atoms. The van der Waals surface area contributed by atoms with E-state index >= 15 is 0 Å². The second-order valence-corrected chi connectivity index (χ2v) is 4.73. The van der Waals surface area contributed by atoms with E-state index < -0.39 is 16.9 Å². The van der Waals surface area contributed by atoms with Gasteiger partial charge in [-0.1, -0.05) is 17.7 Å². The van der Waals surface area contributed by atoms with E-state index in [2.05, 4.69) is 5.32 Å². The van der Waals surface area contributed by atoms with Crippen molar-refractivity contribution < 1.29 is 14.5 Å². The number of hydrogen-bond acceptors (Lipinski definition) is 4. The van der Waals surface area contributed by atoms with Crippen molar-refractivity contribution in [1.29, 1.82) is 0 Å². The number of benzene rings is 1. The van der Waals surface area contributed by atoms with Crippen molar-refractivity contribution in [3.8, 4) is 0 Å². The predicted octanol–water partition coefficient (Wildman–Crippen LogP) is 2.19. The first kappa shape index (κ1) is 14.3. The highest BCUT2D eigenvalue weighted by atomic mass is 35.5. The highest BCUT2D eigenvalue weighted by Gasteiger charge is 2.24. The zero-order valence-corrected chi connectivity index (χ0v) is 11.2. The third-order valence-electron chi connectivity index (χ3n) is 3.03. The van der Waals surface area contributed by atoms with Gasteiger partial charge >= 0.3 is 6.03 Å². The van der Waals surface area contributed by atoms with Crippen LogP contribution in [0.4, 0.5) is 10.5 Å². The summed E-state index contributed by atoms with van der Waals surface area (Å²) in [5, 5.41) is 12.7. The molecule has 20 heavy (non-hydrogen) atoms. The number of carbonyl (C=O) groups is 2. The number of likely N-dealkylation sites (tertiary alicyclic amines) is 1. The summed E-state index contributed by atoms with van der Waals surface area (Å²) in [6.07, 6.45) is 1.80. The van der Waals surface area contributed by atoms with Gasteiger partial charge in [0.15, 0.2) is 0 Å². The predicted molar refractivity (Wildman–Crippen MR) is 71.8 cm³/mol. The molecule has 2 rings (SSSR count). The molecule has 0 saturated carbocycles. The molecule has 3 amide bonds. The van der Waals surface area contributed by atoms with Crippen LogP contribution >= 0.6 is 11.6 Å². The molecule has 7 nitrogen and oxygen atoms in total. The number of rotatable bonds is 2. The lowest BCUT2D eigenvalue weighted by Crippen LogP contribution is -2.41. The molecule has 0 unspecified atom stereocenters. The molecule has 1 N–H and O–H groups in total. The molecule has 0 atom stereocenters. The van der Waals surface area contributed by atoms with Crippen molar-refractivity contribution in [2.45, 2.75) is 12.8 Å². The number of halogens is 1. The number of nitro groups is 1. The largest absolute Gasteiger partial charge is 0.324 e. The lowest BCUT2D eigenvalue weighted by molar-refractivity contribution is -0.384. The van der Waals surface area contributed by atoms with Crippen LogP contribution in [0.2, 0.25) is 5.02 Å². The first-order valence-electron chi connectivity index (χ1n) is 6.04. The number of nitro benzene ring substituents is 1. The van der Waals surface area contributed by atoms with Crippen LogP contribution in [-0.4, -0.2) is 34.9 Å². The van der Waals surface area contributed by atoms with E-state index in [4.69, 9.17) is 11.6 Å². The van der Waals surface area contributed by atoms with Crippen LogP contribution in [0.5, 0.6) is 0 Å². The third-order valence-corrected chi connectivity index (χ3v) is 3.43. The smallest absolute Gasteiger partial charge is 0.324 e. The Bertz CT molecular complexity index is 570. The fraction of sp³-hybridized carbons (Fsp3) is 0.333. The average Bonchev–Trinajstić information content (AvgIpc) is 2.92. The van der Waals surface area contributed by atoms with Gasteiger partial charge in [0, 0.05) is 19.2 Å². The number of urea groups is 1. The van der Waals surface area contributed by atoms with Crippen molar-refractivity contribution in [2.75, 3.05) is 13.1 Å². The highest BCUT2D eigenvalue weighted by Crippen LogP contribution is 2.27. The van der Waals surface area contributed by atoms with Crippen molar-refractivity contribution in [1.82, 2.24) is 10.2 Å². The van der Waals surface area contributed by atoms with Gasteiger partial charge in [0.05, 0.1) is 10.5 Å². The molecule has 1 heterocycles.